The number of amides is 1. The number of nitrogens with zero attached hydrogens (tertiary/aromatic N) is 2. The van der Waals surface area contributed by atoms with Crippen LogP contribution in [0.1, 0.15) is 43.7 Å². The summed E-state index contributed by atoms with van der Waals surface area (Å²) < 4.78 is 1.91. The van der Waals surface area contributed by atoms with Crippen molar-refractivity contribution in [2.75, 3.05) is 0 Å². The van der Waals surface area contributed by atoms with Gasteiger partial charge < -0.3 is 10.6 Å². The second-order valence-electron chi connectivity index (χ2n) is 6.56. The third kappa shape index (κ3) is 4.45. The van der Waals surface area contributed by atoms with Gasteiger partial charge in [-0.15, -0.1) is 0 Å². The summed E-state index contributed by atoms with van der Waals surface area (Å²) in [7, 11) is 0. The van der Waals surface area contributed by atoms with E-state index < -0.39 is 0 Å². The summed E-state index contributed by atoms with van der Waals surface area (Å²) in [5.41, 5.74) is 2.42. The van der Waals surface area contributed by atoms with E-state index in [2.05, 4.69) is 27.9 Å². The van der Waals surface area contributed by atoms with Gasteiger partial charge in [0.2, 0.25) is 5.91 Å². The first-order valence-corrected chi connectivity index (χ1v) is 8.80. The molecule has 0 saturated heterocycles. The number of carbonyl (C=O) groups excluding carboxylic acids is 1. The van der Waals surface area contributed by atoms with Crippen LogP contribution in [0.5, 0.6) is 0 Å². The summed E-state index contributed by atoms with van der Waals surface area (Å²) >= 11 is 0. The van der Waals surface area contributed by atoms with E-state index in [1.807, 2.05) is 36.0 Å². The Morgan fingerprint density at radius 1 is 1.25 bits per heavy atom. The molecule has 0 spiro atoms. The van der Waals surface area contributed by atoms with Crippen LogP contribution >= 0.6 is 0 Å². The van der Waals surface area contributed by atoms with E-state index in [0.717, 1.165) is 19.4 Å². The van der Waals surface area contributed by atoms with Crippen LogP contribution in [0.25, 0.3) is 0 Å². The minimum atomic E-state index is -0.191. The van der Waals surface area contributed by atoms with Crippen molar-refractivity contribution in [3.05, 3.63) is 53.9 Å². The zero-order valence-electron chi connectivity index (χ0n) is 14.2. The van der Waals surface area contributed by atoms with Crippen molar-refractivity contribution in [1.29, 1.82) is 0 Å². The molecule has 1 aromatic carbocycles. The van der Waals surface area contributed by atoms with E-state index >= 15 is 0 Å². The molecule has 1 amide bonds. The smallest absolute Gasteiger partial charge is 0.237 e. The van der Waals surface area contributed by atoms with Crippen LogP contribution in [0.3, 0.4) is 0 Å². The van der Waals surface area contributed by atoms with Crippen molar-refractivity contribution in [1.82, 2.24) is 20.4 Å². The Labute approximate surface area is 143 Å². The van der Waals surface area contributed by atoms with Crippen LogP contribution in [-0.2, 0) is 17.9 Å². The van der Waals surface area contributed by atoms with Crippen molar-refractivity contribution in [3.8, 4) is 0 Å². The Morgan fingerprint density at radius 2 is 2.00 bits per heavy atom. The molecule has 0 radical (unpaired) electrons. The van der Waals surface area contributed by atoms with Gasteiger partial charge in [-0.2, -0.15) is 5.10 Å². The fourth-order valence-electron chi connectivity index (χ4n) is 3.20. The zero-order chi connectivity index (χ0) is 16.8. The van der Waals surface area contributed by atoms with Crippen LogP contribution in [0.15, 0.2) is 42.7 Å². The van der Waals surface area contributed by atoms with Gasteiger partial charge in [-0.05, 0) is 37.0 Å². The molecule has 0 aliphatic heterocycles. The largest absolute Gasteiger partial charge is 0.352 e. The van der Waals surface area contributed by atoms with Crippen LogP contribution in [0.4, 0.5) is 0 Å². The molecule has 0 bridgehead atoms. The van der Waals surface area contributed by atoms with E-state index in [1.165, 1.54) is 24.0 Å². The Balaban J connectivity index is 1.54. The first-order valence-electron chi connectivity index (χ1n) is 8.80. The predicted octanol–water partition coefficient (Wildman–Crippen LogP) is 2.47. The standard InChI is InChI=1S/C19H26N4O/c1-15(19(24)22-18-9-4-5-10-18)20-13-16-7-2-3-8-17(16)14-23-12-6-11-21-23/h2-3,6-8,11-12,15,18,20H,4-5,9-10,13-14H2,1H3,(H,22,24)/t15-/m0/s1. The molecule has 1 atom stereocenters. The molecule has 5 nitrogen and oxygen atoms in total. The second-order valence-corrected chi connectivity index (χ2v) is 6.56. The maximum atomic E-state index is 12.3. The normalized spacial score (nSPS) is 16.2. The van der Waals surface area contributed by atoms with Crippen LogP contribution < -0.4 is 10.6 Å². The molecule has 1 fully saturated rings. The summed E-state index contributed by atoms with van der Waals surface area (Å²) in [5, 5.41) is 10.8. The summed E-state index contributed by atoms with van der Waals surface area (Å²) in [5.74, 6) is 0.103. The maximum Gasteiger partial charge on any atom is 0.237 e. The van der Waals surface area contributed by atoms with Crippen LogP contribution in [0, 0.1) is 0 Å². The molecule has 1 aromatic heterocycles. The lowest BCUT2D eigenvalue weighted by atomic mass is 10.1. The fraction of sp³-hybridized carbons (Fsp3) is 0.474. The van der Waals surface area contributed by atoms with E-state index in [-0.39, 0.29) is 11.9 Å². The number of benzene rings is 1. The summed E-state index contributed by atoms with van der Waals surface area (Å²) in [4.78, 5) is 12.3. The molecule has 1 saturated carbocycles. The van der Waals surface area contributed by atoms with Crippen molar-refractivity contribution < 1.29 is 4.79 Å². The summed E-state index contributed by atoms with van der Waals surface area (Å²) in [6, 6.07) is 10.4. The lowest BCUT2D eigenvalue weighted by Crippen LogP contribution is -2.45. The number of hydrogen-bond donors (Lipinski definition) is 2. The van der Waals surface area contributed by atoms with Gasteiger partial charge >= 0.3 is 0 Å². The zero-order valence-corrected chi connectivity index (χ0v) is 14.2. The monoisotopic (exact) mass is 326 g/mol. The summed E-state index contributed by atoms with van der Waals surface area (Å²) in [6.45, 7) is 3.35. The molecule has 128 valence electrons. The molecule has 1 heterocycles. The van der Waals surface area contributed by atoms with E-state index in [0.29, 0.717) is 12.6 Å². The Hall–Kier alpha value is -2.14. The van der Waals surface area contributed by atoms with E-state index in [9.17, 15) is 4.79 Å². The lowest BCUT2D eigenvalue weighted by molar-refractivity contribution is -0.123. The topological polar surface area (TPSA) is 59.0 Å². The van der Waals surface area contributed by atoms with Gasteiger partial charge in [0, 0.05) is 25.0 Å². The van der Waals surface area contributed by atoms with Crippen molar-refractivity contribution in [2.24, 2.45) is 0 Å². The van der Waals surface area contributed by atoms with Gasteiger partial charge in [0.05, 0.1) is 12.6 Å². The predicted molar refractivity (Wildman–Crippen MR) is 94.5 cm³/mol. The number of nitrogens with one attached hydrogen (secondary N) is 2. The Kier molecular flexibility index (Phi) is 5.64. The number of aromatic nitrogens is 2. The van der Waals surface area contributed by atoms with Crippen molar-refractivity contribution in [2.45, 2.75) is 57.8 Å². The van der Waals surface area contributed by atoms with E-state index in [4.69, 9.17) is 0 Å². The number of rotatable bonds is 7. The molecule has 1 aliphatic carbocycles. The van der Waals surface area contributed by atoms with Crippen LogP contribution in [-0.4, -0.2) is 27.8 Å². The molecule has 1 aliphatic rings. The minimum Gasteiger partial charge on any atom is -0.352 e. The molecule has 3 rings (SSSR count). The maximum absolute atomic E-state index is 12.3. The van der Waals surface area contributed by atoms with Crippen molar-refractivity contribution >= 4 is 5.91 Å². The first kappa shape index (κ1) is 16.7. The number of hydrogen-bond acceptors (Lipinski definition) is 3. The van der Waals surface area contributed by atoms with Gasteiger partial charge in [0.25, 0.3) is 0 Å². The third-order valence-corrected chi connectivity index (χ3v) is 4.70. The highest BCUT2D eigenvalue weighted by atomic mass is 16.2. The molecular formula is C19H26N4O. The van der Waals surface area contributed by atoms with Gasteiger partial charge in [0.15, 0.2) is 0 Å². The molecule has 2 N–H and O–H groups in total. The highest BCUT2D eigenvalue weighted by Crippen LogP contribution is 2.17. The van der Waals surface area contributed by atoms with Gasteiger partial charge in [0.1, 0.15) is 0 Å². The average molecular weight is 326 g/mol. The number of carbonyl (C=O) groups is 1. The third-order valence-electron chi connectivity index (χ3n) is 4.70. The molecule has 24 heavy (non-hydrogen) atoms. The van der Waals surface area contributed by atoms with Gasteiger partial charge in [-0.1, -0.05) is 37.1 Å². The van der Waals surface area contributed by atoms with Crippen LogP contribution in [0.2, 0.25) is 0 Å². The minimum absolute atomic E-state index is 0.103. The van der Waals surface area contributed by atoms with Crippen molar-refractivity contribution in [3.63, 3.8) is 0 Å². The average Bonchev–Trinajstić information content (AvgIpc) is 3.27. The SMILES string of the molecule is C[C@H](NCc1ccccc1Cn1cccn1)C(=O)NC1CCCC1. The highest BCUT2D eigenvalue weighted by molar-refractivity contribution is 5.81. The van der Waals surface area contributed by atoms with Gasteiger partial charge in [-0.3, -0.25) is 9.48 Å². The molecule has 0 unspecified atom stereocenters. The first-order chi connectivity index (χ1) is 11.7. The Morgan fingerprint density at radius 3 is 2.71 bits per heavy atom. The van der Waals surface area contributed by atoms with Gasteiger partial charge in [-0.25, -0.2) is 0 Å². The highest BCUT2D eigenvalue weighted by Gasteiger charge is 2.20. The molecule has 5 heteroatoms. The molecular weight excluding hydrogens is 300 g/mol. The summed E-state index contributed by atoms with van der Waals surface area (Å²) in [6.07, 6.45) is 8.44. The van der Waals surface area contributed by atoms with E-state index in [1.54, 1.807) is 6.20 Å². The lowest BCUT2D eigenvalue weighted by Gasteiger charge is -2.18. The second kappa shape index (κ2) is 8.11. The quantitative estimate of drug-likeness (QED) is 0.822. The fourth-order valence-corrected chi connectivity index (χ4v) is 3.20. The molecule has 2 aromatic rings. The Bertz CT molecular complexity index is 647.